The lowest BCUT2D eigenvalue weighted by atomic mass is 10.0. The van der Waals surface area contributed by atoms with Gasteiger partial charge in [-0.15, -0.1) is 0 Å². The quantitative estimate of drug-likeness (QED) is 0.786. The minimum absolute atomic E-state index is 0.295. The highest BCUT2D eigenvalue weighted by Gasteiger charge is 2.13. The second-order valence-electron chi connectivity index (χ2n) is 4.47. The van der Waals surface area contributed by atoms with Gasteiger partial charge in [-0.1, -0.05) is 30.3 Å². The largest absolute Gasteiger partial charge is 0.454 e. The van der Waals surface area contributed by atoms with Crippen molar-refractivity contribution in [2.24, 2.45) is 0 Å². The minimum Gasteiger partial charge on any atom is -0.454 e. The van der Waals surface area contributed by atoms with Crippen LogP contribution in [-0.4, -0.2) is 13.1 Å². The van der Waals surface area contributed by atoms with Crippen LogP contribution in [0.4, 0.5) is 0 Å². The third-order valence-electron chi connectivity index (χ3n) is 3.21. The first kappa shape index (κ1) is 11.8. The van der Waals surface area contributed by atoms with E-state index >= 15 is 0 Å². The molecule has 3 rings (SSSR count). The zero-order chi connectivity index (χ0) is 13.1. The van der Waals surface area contributed by atoms with Gasteiger partial charge in [-0.2, -0.15) is 0 Å². The van der Waals surface area contributed by atoms with E-state index in [2.05, 4.69) is 24.3 Å². The monoisotopic (exact) mass is 254 g/mol. The molecule has 19 heavy (non-hydrogen) atoms. The average Bonchev–Trinajstić information content (AvgIpc) is 2.93. The first-order valence-electron chi connectivity index (χ1n) is 6.29. The van der Waals surface area contributed by atoms with Crippen molar-refractivity contribution in [1.82, 2.24) is 0 Å². The summed E-state index contributed by atoms with van der Waals surface area (Å²) in [7, 11) is 0. The van der Waals surface area contributed by atoms with Crippen LogP contribution in [0.1, 0.15) is 12.0 Å². The summed E-state index contributed by atoms with van der Waals surface area (Å²) in [5.41, 5.74) is 3.41. The molecule has 3 heteroatoms. The lowest BCUT2D eigenvalue weighted by molar-refractivity contribution is -0.107. The molecular formula is C16H14O3. The molecule has 0 aliphatic carbocycles. The first-order chi connectivity index (χ1) is 9.36. The van der Waals surface area contributed by atoms with Gasteiger partial charge < -0.3 is 14.3 Å². The van der Waals surface area contributed by atoms with Crippen LogP contribution in [0.5, 0.6) is 11.5 Å². The molecule has 1 aliphatic heterocycles. The number of fused-ring (bicyclic) bond motifs is 1. The molecule has 3 nitrogen and oxygen atoms in total. The number of aldehydes is 1. The highest BCUT2D eigenvalue weighted by molar-refractivity contribution is 5.67. The Morgan fingerprint density at radius 2 is 1.68 bits per heavy atom. The van der Waals surface area contributed by atoms with Gasteiger partial charge >= 0.3 is 0 Å². The van der Waals surface area contributed by atoms with Crippen molar-refractivity contribution in [2.45, 2.75) is 12.8 Å². The third kappa shape index (κ3) is 2.45. The first-order valence-corrected chi connectivity index (χ1v) is 6.29. The third-order valence-corrected chi connectivity index (χ3v) is 3.21. The number of carbonyl (C=O) groups is 1. The SMILES string of the molecule is O=CCCc1ccc(-c2ccc3c(c2)OCO3)cc1. The van der Waals surface area contributed by atoms with Crippen LogP contribution in [0.3, 0.4) is 0 Å². The second-order valence-corrected chi connectivity index (χ2v) is 4.47. The lowest BCUT2D eigenvalue weighted by Gasteiger charge is -2.05. The molecule has 0 bridgehead atoms. The Morgan fingerprint density at radius 1 is 0.947 bits per heavy atom. The molecule has 0 saturated carbocycles. The number of aryl methyl sites for hydroxylation is 1. The van der Waals surface area contributed by atoms with Gasteiger partial charge in [0.05, 0.1) is 0 Å². The van der Waals surface area contributed by atoms with E-state index in [-0.39, 0.29) is 0 Å². The van der Waals surface area contributed by atoms with Crippen LogP contribution >= 0.6 is 0 Å². The Morgan fingerprint density at radius 3 is 2.47 bits per heavy atom. The molecule has 0 atom stereocenters. The average molecular weight is 254 g/mol. The maximum atomic E-state index is 10.3. The van der Waals surface area contributed by atoms with E-state index in [4.69, 9.17) is 9.47 Å². The molecule has 0 radical (unpaired) electrons. The fourth-order valence-electron chi connectivity index (χ4n) is 2.17. The molecule has 0 fully saturated rings. The van der Waals surface area contributed by atoms with Gasteiger partial charge in [-0.3, -0.25) is 0 Å². The van der Waals surface area contributed by atoms with Crippen molar-refractivity contribution in [3.8, 4) is 22.6 Å². The fourth-order valence-corrected chi connectivity index (χ4v) is 2.17. The zero-order valence-electron chi connectivity index (χ0n) is 10.5. The van der Waals surface area contributed by atoms with Crippen molar-refractivity contribution < 1.29 is 14.3 Å². The number of hydrogen-bond donors (Lipinski definition) is 0. The molecule has 0 spiro atoms. The van der Waals surface area contributed by atoms with E-state index in [1.165, 1.54) is 5.56 Å². The zero-order valence-corrected chi connectivity index (χ0v) is 10.5. The Labute approximate surface area is 111 Å². The molecule has 0 N–H and O–H groups in total. The number of rotatable bonds is 4. The summed E-state index contributed by atoms with van der Waals surface area (Å²) in [5.74, 6) is 1.59. The normalized spacial score (nSPS) is 12.4. The van der Waals surface area contributed by atoms with Gasteiger partial charge in [0.2, 0.25) is 6.79 Å². The topological polar surface area (TPSA) is 35.5 Å². The van der Waals surface area contributed by atoms with Gasteiger partial charge in [-0.05, 0) is 35.2 Å². The molecule has 0 saturated heterocycles. The molecule has 1 aliphatic rings. The fraction of sp³-hybridized carbons (Fsp3) is 0.188. The minimum atomic E-state index is 0.295. The Kier molecular flexibility index (Phi) is 3.19. The summed E-state index contributed by atoms with van der Waals surface area (Å²) < 4.78 is 10.7. The van der Waals surface area contributed by atoms with Gasteiger partial charge in [-0.25, -0.2) is 0 Å². The van der Waals surface area contributed by atoms with E-state index in [9.17, 15) is 4.79 Å². The predicted octanol–water partition coefficient (Wildman–Crippen LogP) is 3.21. The summed E-state index contributed by atoms with van der Waals surface area (Å²) in [4.78, 5) is 10.3. The number of hydrogen-bond acceptors (Lipinski definition) is 3. The number of ether oxygens (including phenoxy) is 2. The van der Waals surface area contributed by atoms with Crippen molar-refractivity contribution in [3.05, 3.63) is 48.0 Å². The molecule has 2 aromatic rings. The maximum Gasteiger partial charge on any atom is 0.231 e. The van der Waals surface area contributed by atoms with Crippen LogP contribution < -0.4 is 9.47 Å². The molecule has 0 amide bonds. The molecule has 1 heterocycles. The van der Waals surface area contributed by atoms with Crippen LogP contribution in [0.25, 0.3) is 11.1 Å². The highest BCUT2D eigenvalue weighted by Crippen LogP contribution is 2.35. The van der Waals surface area contributed by atoms with Crippen LogP contribution in [0, 0.1) is 0 Å². The van der Waals surface area contributed by atoms with Crippen molar-refractivity contribution in [1.29, 1.82) is 0 Å². The molecule has 2 aromatic carbocycles. The summed E-state index contributed by atoms with van der Waals surface area (Å²) in [5, 5.41) is 0. The van der Waals surface area contributed by atoms with Gasteiger partial charge in [0.1, 0.15) is 6.29 Å². The van der Waals surface area contributed by atoms with Gasteiger partial charge in [0, 0.05) is 6.42 Å². The van der Waals surface area contributed by atoms with E-state index < -0.39 is 0 Å². The molecule has 0 unspecified atom stereocenters. The van der Waals surface area contributed by atoms with E-state index in [1.807, 2.05) is 18.2 Å². The maximum absolute atomic E-state index is 10.3. The summed E-state index contributed by atoms with van der Waals surface area (Å²) in [6.45, 7) is 0.295. The van der Waals surface area contributed by atoms with Crippen LogP contribution in [0.2, 0.25) is 0 Å². The van der Waals surface area contributed by atoms with E-state index in [0.29, 0.717) is 13.2 Å². The van der Waals surface area contributed by atoms with Crippen molar-refractivity contribution in [2.75, 3.05) is 6.79 Å². The highest BCUT2D eigenvalue weighted by atomic mass is 16.7. The molecular weight excluding hydrogens is 240 g/mol. The smallest absolute Gasteiger partial charge is 0.231 e. The van der Waals surface area contributed by atoms with Crippen molar-refractivity contribution >= 4 is 6.29 Å². The Hall–Kier alpha value is -2.29. The lowest BCUT2D eigenvalue weighted by Crippen LogP contribution is -1.92. The predicted molar refractivity (Wildman–Crippen MR) is 72.4 cm³/mol. The Bertz CT molecular complexity index is 587. The Balaban J connectivity index is 1.83. The number of benzene rings is 2. The standard InChI is InChI=1S/C16H14O3/c17-9-1-2-12-3-5-13(6-4-12)14-7-8-15-16(10-14)19-11-18-15/h3-10H,1-2,11H2. The second kappa shape index (κ2) is 5.14. The molecule has 0 aromatic heterocycles. The van der Waals surface area contributed by atoms with Crippen molar-refractivity contribution in [3.63, 3.8) is 0 Å². The number of carbonyl (C=O) groups excluding carboxylic acids is 1. The summed E-state index contributed by atoms with van der Waals surface area (Å²) in [6, 6.07) is 14.2. The van der Waals surface area contributed by atoms with E-state index in [1.54, 1.807) is 0 Å². The molecule has 96 valence electrons. The summed E-state index contributed by atoms with van der Waals surface area (Å²) in [6.07, 6.45) is 2.32. The summed E-state index contributed by atoms with van der Waals surface area (Å²) >= 11 is 0. The van der Waals surface area contributed by atoms with E-state index in [0.717, 1.165) is 35.3 Å². The van der Waals surface area contributed by atoms with Gasteiger partial charge in [0.15, 0.2) is 11.5 Å². The van der Waals surface area contributed by atoms with Gasteiger partial charge in [0.25, 0.3) is 0 Å². The van der Waals surface area contributed by atoms with Crippen LogP contribution in [-0.2, 0) is 11.2 Å². The van der Waals surface area contributed by atoms with Crippen LogP contribution in [0.15, 0.2) is 42.5 Å².